The predicted molar refractivity (Wildman–Crippen MR) is 342 cm³/mol. The van der Waals surface area contributed by atoms with Gasteiger partial charge in [0.25, 0.3) is 23.6 Å². The van der Waals surface area contributed by atoms with Crippen LogP contribution in [0.1, 0.15) is 147 Å². The van der Waals surface area contributed by atoms with Gasteiger partial charge in [-0.25, -0.2) is 9.80 Å². The first-order valence-electron chi connectivity index (χ1n) is 29.3. The van der Waals surface area contributed by atoms with Crippen molar-refractivity contribution in [2.24, 2.45) is 0 Å². The van der Waals surface area contributed by atoms with E-state index in [0.717, 1.165) is 32.1 Å². The highest BCUT2D eigenvalue weighted by molar-refractivity contribution is 6.48. The molecule has 11 aromatic rings. The fourth-order valence-corrected chi connectivity index (χ4v) is 12.0. The summed E-state index contributed by atoms with van der Waals surface area (Å²) in [7, 11) is 0. The second kappa shape index (κ2) is 20.1. The summed E-state index contributed by atoms with van der Waals surface area (Å²) in [5.74, 6) is -0.536. The molecule has 0 spiro atoms. The molecule has 0 atom stereocenters. The number of anilines is 2. The van der Waals surface area contributed by atoms with Gasteiger partial charge < -0.3 is 29.4 Å². The van der Waals surface area contributed by atoms with E-state index in [2.05, 4.69) is 83.1 Å². The van der Waals surface area contributed by atoms with E-state index in [9.17, 15) is 10.4 Å². The Hall–Kier alpha value is -10.3. The van der Waals surface area contributed by atoms with Gasteiger partial charge in [0.05, 0.1) is 33.6 Å². The zero-order chi connectivity index (χ0) is 62.3. The molecule has 0 radical (unpaired) electrons. The maximum absolute atomic E-state index is 15.7. The van der Waals surface area contributed by atoms with Crippen LogP contribution in [0.3, 0.4) is 0 Å². The first-order chi connectivity index (χ1) is 41.6. The Kier molecular flexibility index (Phi) is 13.0. The lowest BCUT2D eigenvalue weighted by atomic mass is 9.80. The van der Waals surface area contributed by atoms with E-state index in [1.54, 1.807) is 24.3 Å². The first kappa shape index (κ1) is 56.8. The van der Waals surface area contributed by atoms with Crippen molar-refractivity contribution in [2.45, 2.75) is 105 Å². The summed E-state index contributed by atoms with van der Waals surface area (Å²) in [5.41, 5.74) is 3.97. The van der Waals surface area contributed by atoms with Crippen LogP contribution in [0.5, 0.6) is 46.0 Å². The highest BCUT2D eigenvalue weighted by atomic mass is 16.5. The number of rotatable bonds is 10. The summed E-state index contributed by atoms with van der Waals surface area (Å²) in [4.78, 5) is 64.8. The minimum Gasteiger partial charge on any atom is -0.619 e. The van der Waals surface area contributed by atoms with Crippen molar-refractivity contribution in [3.05, 3.63) is 225 Å². The number of ether oxygens (including phenoxy) is 4. The largest absolute Gasteiger partial charge is 0.619 e. The van der Waals surface area contributed by atoms with Crippen molar-refractivity contribution in [3.63, 3.8) is 0 Å². The van der Waals surface area contributed by atoms with E-state index < -0.39 is 23.6 Å². The van der Waals surface area contributed by atoms with Gasteiger partial charge in [-0.1, -0.05) is 132 Å². The van der Waals surface area contributed by atoms with E-state index in [1.165, 1.54) is 49.1 Å². The van der Waals surface area contributed by atoms with Crippen molar-refractivity contribution in [3.8, 4) is 46.0 Å². The molecule has 88 heavy (non-hydrogen) atoms. The lowest BCUT2D eigenvalue weighted by Gasteiger charge is -2.32. The number of aromatic nitrogens is 2. The summed E-state index contributed by atoms with van der Waals surface area (Å²) < 4.78 is 30.0. The van der Waals surface area contributed by atoms with Gasteiger partial charge in [-0.2, -0.15) is 9.46 Å². The maximum atomic E-state index is 15.7. The van der Waals surface area contributed by atoms with Crippen molar-refractivity contribution >= 4 is 78.1 Å². The van der Waals surface area contributed by atoms with Crippen molar-refractivity contribution < 1.29 is 47.6 Å². The number of carbonyl (C=O) groups excluding carboxylic acids is 4. The molecule has 440 valence electrons. The molecule has 0 unspecified atom stereocenters. The zero-order valence-corrected chi connectivity index (χ0v) is 51.0. The third-order valence-corrected chi connectivity index (χ3v) is 16.8. The Labute approximate surface area is 509 Å². The summed E-state index contributed by atoms with van der Waals surface area (Å²) >= 11 is 0. The number of hydrogen-bond donors (Lipinski definition) is 0. The van der Waals surface area contributed by atoms with Crippen molar-refractivity contribution in [1.82, 2.24) is 0 Å². The summed E-state index contributed by atoms with van der Waals surface area (Å²) in [6.45, 7) is 25.4. The highest BCUT2D eigenvalue weighted by Crippen LogP contribution is 2.58. The van der Waals surface area contributed by atoms with Gasteiger partial charge in [0, 0.05) is 67.4 Å². The molecule has 0 saturated carbocycles. The molecule has 13 rings (SSSR count). The number of imide groups is 2. The Balaban J connectivity index is 1.24. The number of carbonyl (C=O) groups is 4. The molecule has 0 saturated heterocycles. The fourth-order valence-electron chi connectivity index (χ4n) is 12.0. The highest BCUT2D eigenvalue weighted by Gasteiger charge is 2.43. The normalized spacial score (nSPS) is 13.8. The molecular weight excluding hydrogens is 1100 g/mol. The average Bonchev–Trinajstić information content (AvgIpc) is 0.690. The summed E-state index contributed by atoms with van der Waals surface area (Å²) in [6.07, 6.45) is 4.88. The average molecular weight is 1170 g/mol. The first-order valence-corrected chi connectivity index (χ1v) is 29.3. The molecule has 4 heterocycles. The van der Waals surface area contributed by atoms with Crippen molar-refractivity contribution in [2.75, 3.05) is 9.80 Å². The number of amides is 4. The van der Waals surface area contributed by atoms with Crippen LogP contribution in [0, 0.1) is 10.4 Å². The predicted octanol–water partition coefficient (Wildman–Crippen LogP) is 17.0. The molecule has 14 heteroatoms. The molecule has 0 N–H and O–H groups in total. The van der Waals surface area contributed by atoms with Gasteiger partial charge in [0.1, 0.15) is 46.0 Å². The Bertz CT molecular complexity index is 4150. The van der Waals surface area contributed by atoms with Crippen LogP contribution in [-0.2, 0) is 21.7 Å². The van der Waals surface area contributed by atoms with Gasteiger partial charge in [0.2, 0.25) is 0 Å². The van der Waals surface area contributed by atoms with Crippen LogP contribution in [-0.4, -0.2) is 23.6 Å². The third-order valence-electron chi connectivity index (χ3n) is 16.8. The molecular formula is C74H64N4O10. The fraction of sp³-hybridized carbons (Fsp3) is 0.216. The van der Waals surface area contributed by atoms with Crippen LogP contribution in [0.4, 0.5) is 11.4 Å². The molecule has 0 bridgehead atoms. The molecule has 4 amide bonds. The Morgan fingerprint density at radius 2 is 0.500 bits per heavy atom. The van der Waals surface area contributed by atoms with E-state index in [0.29, 0.717) is 64.8 Å². The zero-order valence-electron chi connectivity index (χ0n) is 51.0. The summed E-state index contributed by atoms with van der Waals surface area (Å²) in [5, 5.41) is 27.7. The molecule has 9 aromatic carbocycles. The van der Waals surface area contributed by atoms with Crippen LogP contribution < -0.4 is 38.2 Å². The van der Waals surface area contributed by atoms with Crippen molar-refractivity contribution in [1.29, 1.82) is 0 Å². The molecule has 2 aromatic heterocycles. The molecule has 2 aliphatic heterocycles. The second-order valence-corrected chi connectivity index (χ2v) is 26.9. The standard InChI is InChI=1S/C74H64N4O10/c1-71(2,3)41-13-21-47(22-14-41)85-55-37-51-59-52(68(80)77(67(51)79)45-29-33-75(83)34-30-45)39-57(87-49-25-17-43(18-26-49)73(7,8)9)63-64-58(88-50-27-19-44(20-28-50)74(10,11)12)40-54-60-53(69(81)78(70(54)82)46-31-35-76(84)36-32-46)38-56(62(66(60)64)61(55)65(59)63)86-48-23-15-42(16-24-48)72(4,5)6/h13-40H,1-12H3. The van der Waals surface area contributed by atoms with Gasteiger partial charge in [-0.05, 0) is 117 Å². The van der Waals surface area contributed by atoms with Crippen LogP contribution in [0.25, 0.3) is 43.1 Å². The SMILES string of the molecule is CC(C)(C)c1ccc(Oc2cc3c4c(cc(Oc5ccc(C(C)(C)C)cc5)c5c6c(Oc7ccc(C(C)(C)C)cc7)cc7c8c(cc(Oc9ccc(C(C)(C)C)cc9)c(c2c45)c86)C(=O)N(c2cc[n+]([O-])cc2)C7=O)C(=O)N(c2cc[n+]([O-])cc2)C3=O)cc1. The molecule has 0 fully saturated rings. The lowest BCUT2D eigenvalue weighted by molar-refractivity contribution is -0.605. The van der Waals surface area contributed by atoms with Crippen LogP contribution in [0.15, 0.2) is 170 Å². The number of nitrogens with zero attached hydrogens (tertiary/aromatic N) is 4. The minimum atomic E-state index is -0.695. The van der Waals surface area contributed by atoms with E-state index in [4.69, 9.17) is 18.9 Å². The number of benzene rings is 9. The Morgan fingerprint density at radius 3 is 0.693 bits per heavy atom. The molecule has 2 aliphatic rings. The second-order valence-electron chi connectivity index (χ2n) is 26.9. The van der Waals surface area contributed by atoms with Gasteiger partial charge in [0.15, 0.2) is 24.8 Å². The van der Waals surface area contributed by atoms with E-state index in [1.807, 2.05) is 97.1 Å². The number of hydrogen-bond acceptors (Lipinski definition) is 10. The topological polar surface area (TPSA) is 166 Å². The Morgan fingerprint density at radius 1 is 0.295 bits per heavy atom. The smallest absolute Gasteiger partial charge is 0.266 e. The molecule has 0 aliphatic carbocycles. The summed E-state index contributed by atoms with van der Waals surface area (Å²) in [6, 6.07) is 42.9. The van der Waals surface area contributed by atoms with E-state index in [-0.39, 0.29) is 89.1 Å². The lowest BCUT2D eigenvalue weighted by Crippen LogP contribution is -2.41. The van der Waals surface area contributed by atoms with Gasteiger partial charge in [-0.3, -0.25) is 19.2 Å². The maximum Gasteiger partial charge on any atom is 0.266 e. The minimum absolute atomic E-state index is 0.0913. The van der Waals surface area contributed by atoms with Gasteiger partial charge in [-0.15, -0.1) is 0 Å². The third kappa shape index (κ3) is 9.59. The van der Waals surface area contributed by atoms with Gasteiger partial charge >= 0.3 is 0 Å². The quantitative estimate of drug-likeness (QED) is 0.0423. The molecule has 14 nitrogen and oxygen atoms in total. The van der Waals surface area contributed by atoms with E-state index >= 15 is 19.2 Å². The van der Waals surface area contributed by atoms with Crippen LogP contribution in [0.2, 0.25) is 0 Å². The van der Waals surface area contributed by atoms with Crippen LogP contribution >= 0.6 is 0 Å². The number of pyridine rings is 2. The number of fused-ring (bicyclic) bond motifs is 2. The monoisotopic (exact) mass is 1170 g/mol.